The number of aromatic amines is 1. The number of aliphatic hydroxyl groups excluding tert-OH is 1. The van der Waals surface area contributed by atoms with Gasteiger partial charge >= 0.3 is 0 Å². The largest absolute Gasteiger partial charge is 0.425 e. The molecule has 38 heavy (non-hydrogen) atoms. The van der Waals surface area contributed by atoms with Crippen molar-refractivity contribution in [2.45, 2.75) is 71.3 Å². The van der Waals surface area contributed by atoms with Crippen LogP contribution in [-0.4, -0.2) is 25.5 Å². The molecule has 1 aliphatic carbocycles. The molecule has 1 fully saturated rings. The predicted octanol–water partition coefficient (Wildman–Crippen LogP) is 4.29. The Bertz CT molecular complexity index is 1510. The lowest BCUT2D eigenvalue weighted by atomic mass is 9.61. The van der Waals surface area contributed by atoms with E-state index in [2.05, 4.69) is 38.3 Å². The molecule has 4 N–H and O–H groups in total. The van der Waals surface area contributed by atoms with Gasteiger partial charge in [0.2, 0.25) is 23.5 Å². The Hall–Kier alpha value is -4.08. The lowest BCUT2D eigenvalue weighted by Crippen LogP contribution is -2.41. The van der Waals surface area contributed by atoms with Crippen LogP contribution < -0.4 is 10.5 Å². The van der Waals surface area contributed by atoms with Gasteiger partial charge in [0.15, 0.2) is 0 Å². The number of nitriles is 1. The number of allylic oxidation sites excluding steroid dienone is 1. The molecular weight excluding hydrogens is 480 g/mol. The van der Waals surface area contributed by atoms with Crippen LogP contribution in [0.4, 0.5) is 0 Å². The summed E-state index contributed by atoms with van der Waals surface area (Å²) in [4.78, 5) is 0. The third kappa shape index (κ3) is 4.04. The highest BCUT2D eigenvalue weighted by Crippen LogP contribution is 2.52. The zero-order valence-electron chi connectivity index (χ0n) is 22.3. The molecule has 5 rings (SSSR count). The van der Waals surface area contributed by atoms with Gasteiger partial charge in [-0.1, -0.05) is 45.6 Å². The standard InChI is InChI=1S/C29H32N6O3/c1-15(2)26-33-34-27(38-26)21-9-19(10-21)7-6-18-8-20(14-36)12-22(11-18)29(16(3)4)23(13-30)25(31)37-28-24(29)17(5)32-35-28/h8,11-12,15-16,19,21,36H,9-10,14,31H2,1-5H3,(H,32,35)/t19-,21+,29?. The minimum absolute atomic E-state index is 0.0431. The maximum Gasteiger partial charge on any atom is 0.222 e. The van der Waals surface area contributed by atoms with Crippen molar-refractivity contribution in [1.82, 2.24) is 20.4 Å². The number of H-pyrrole nitrogens is 1. The van der Waals surface area contributed by atoms with E-state index in [9.17, 15) is 10.4 Å². The molecular formula is C29H32N6O3. The first-order chi connectivity index (χ1) is 18.2. The fourth-order valence-electron chi connectivity index (χ4n) is 5.62. The van der Waals surface area contributed by atoms with E-state index in [4.69, 9.17) is 14.9 Å². The average molecular weight is 513 g/mol. The molecule has 2 aliphatic rings. The lowest BCUT2D eigenvalue weighted by molar-refractivity contribution is 0.272. The highest BCUT2D eigenvalue weighted by Gasteiger charge is 2.50. The SMILES string of the molecule is Cc1n[nH]c2c1C(c1cc(C#C[C@H]3C[C@@H](c4nnc(C(C)C)o4)C3)cc(CO)c1)(C(C)C)C(C#N)=C(N)O2. The van der Waals surface area contributed by atoms with E-state index in [-0.39, 0.29) is 36.2 Å². The molecule has 3 heterocycles. The normalized spacial score (nSPS) is 22.4. The quantitative estimate of drug-likeness (QED) is 0.429. The summed E-state index contributed by atoms with van der Waals surface area (Å²) in [5, 5.41) is 36.0. The zero-order chi connectivity index (χ0) is 27.2. The van der Waals surface area contributed by atoms with Gasteiger partial charge in [0.05, 0.1) is 23.3 Å². The zero-order valence-corrected chi connectivity index (χ0v) is 22.3. The Kier molecular flexibility index (Phi) is 6.50. The third-order valence-electron chi connectivity index (χ3n) is 7.63. The topological polar surface area (TPSA) is 147 Å². The van der Waals surface area contributed by atoms with Crippen LogP contribution in [0.25, 0.3) is 0 Å². The molecule has 1 aromatic carbocycles. The first-order valence-electron chi connectivity index (χ1n) is 12.9. The summed E-state index contributed by atoms with van der Waals surface area (Å²) in [6.07, 6.45) is 1.73. The smallest absolute Gasteiger partial charge is 0.222 e. The minimum atomic E-state index is -0.918. The van der Waals surface area contributed by atoms with Gasteiger partial charge in [0, 0.05) is 23.3 Å². The van der Waals surface area contributed by atoms with Gasteiger partial charge < -0.3 is 20.0 Å². The van der Waals surface area contributed by atoms with Gasteiger partial charge in [-0.3, -0.25) is 0 Å². The maximum absolute atomic E-state index is 10.2. The summed E-state index contributed by atoms with van der Waals surface area (Å²) in [5.41, 5.74) is 9.45. The first kappa shape index (κ1) is 25.6. The highest BCUT2D eigenvalue weighted by molar-refractivity contribution is 5.63. The number of hydrogen-bond donors (Lipinski definition) is 3. The van der Waals surface area contributed by atoms with Crippen LogP contribution in [0.1, 0.15) is 92.1 Å². The fourth-order valence-corrected chi connectivity index (χ4v) is 5.62. The first-order valence-corrected chi connectivity index (χ1v) is 12.9. The monoisotopic (exact) mass is 512 g/mol. The third-order valence-corrected chi connectivity index (χ3v) is 7.63. The minimum Gasteiger partial charge on any atom is -0.425 e. The van der Waals surface area contributed by atoms with Crippen molar-refractivity contribution in [2.75, 3.05) is 0 Å². The molecule has 0 amide bonds. The molecule has 0 spiro atoms. The summed E-state index contributed by atoms with van der Waals surface area (Å²) < 4.78 is 11.6. The van der Waals surface area contributed by atoms with Crippen molar-refractivity contribution in [2.24, 2.45) is 17.6 Å². The summed E-state index contributed by atoms with van der Waals surface area (Å²) >= 11 is 0. The van der Waals surface area contributed by atoms with Gasteiger partial charge in [-0.05, 0) is 48.9 Å². The Balaban J connectivity index is 1.51. The summed E-state index contributed by atoms with van der Waals surface area (Å²) in [6, 6.07) is 8.09. The number of fused-ring (bicyclic) bond motifs is 1. The average Bonchev–Trinajstić information content (AvgIpc) is 3.49. The molecule has 9 heteroatoms. The van der Waals surface area contributed by atoms with Crippen LogP contribution >= 0.6 is 0 Å². The number of ether oxygens (including phenoxy) is 1. The van der Waals surface area contributed by atoms with E-state index in [0.717, 1.165) is 35.2 Å². The van der Waals surface area contributed by atoms with E-state index in [1.807, 2.05) is 52.8 Å². The van der Waals surface area contributed by atoms with Crippen molar-refractivity contribution in [1.29, 1.82) is 5.26 Å². The Morgan fingerprint density at radius 3 is 2.61 bits per heavy atom. The van der Waals surface area contributed by atoms with E-state index in [0.29, 0.717) is 28.8 Å². The van der Waals surface area contributed by atoms with E-state index in [1.165, 1.54) is 0 Å². The molecule has 1 atom stereocenters. The van der Waals surface area contributed by atoms with Gasteiger partial charge in [-0.15, -0.1) is 10.2 Å². The maximum atomic E-state index is 10.2. The van der Waals surface area contributed by atoms with Crippen LogP contribution in [0.3, 0.4) is 0 Å². The van der Waals surface area contributed by atoms with Crippen LogP contribution in [0, 0.1) is 41.9 Å². The number of aliphatic hydroxyl groups is 1. The number of rotatable bonds is 5. The van der Waals surface area contributed by atoms with Crippen molar-refractivity contribution in [3.63, 3.8) is 0 Å². The number of benzene rings is 1. The summed E-state index contributed by atoms with van der Waals surface area (Å²) in [6.45, 7) is 9.86. The molecule has 0 radical (unpaired) electrons. The van der Waals surface area contributed by atoms with Crippen molar-refractivity contribution in [3.05, 3.63) is 69.4 Å². The summed E-state index contributed by atoms with van der Waals surface area (Å²) in [7, 11) is 0. The molecule has 1 saturated carbocycles. The van der Waals surface area contributed by atoms with Crippen molar-refractivity contribution in [3.8, 4) is 23.8 Å². The second-order valence-corrected chi connectivity index (χ2v) is 10.8. The molecule has 2 aromatic heterocycles. The van der Waals surface area contributed by atoms with Crippen LogP contribution in [0.15, 0.2) is 34.1 Å². The molecule has 1 aliphatic heterocycles. The number of nitrogens with zero attached hydrogens (tertiary/aromatic N) is 4. The number of aromatic nitrogens is 4. The lowest BCUT2D eigenvalue weighted by Gasteiger charge is -2.41. The van der Waals surface area contributed by atoms with Crippen molar-refractivity contribution >= 4 is 0 Å². The molecule has 3 aromatic rings. The molecule has 0 bridgehead atoms. The number of nitrogens with two attached hydrogens (primary N) is 1. The highest BCUT2D eigenvalue weighted by atomic mass is 16.5. The molecule has 9 nitrogen and oxygen atoms in total. The molecule has 0 saturated heterocycles. The fraction of sp³-hybridized carbons (Fsp3) is 0.448. The van der Waals surface area contributed by atoms with Crippen molar-refractivity contribution < 1.29 is 14.3 Å². The van der Waals surface area contributed by atoms with Crippen LogP contribution in [0.2, 0.25) is 0 Å². The van der Waals surface area contributed by atoms with E-state index < -0.39 is 5.41 Å². The second kappa shape index (κ2) is 9.66. The van der Waals surface area contributed by atoms with Crippen LogP contribution in [0.5, 0.6) is 5.88 Å². The number of aryl methyl sites for hydroxylation is 1. The predicted molar refractivity (Wildman–Crippen MR) is 139 cm³/mol. The number of nitrogens with one attached hydrogen (secondary N) is 1. The van der Waals surface area contributed by atoms with Gasteiger partial charge in [0.1, 0.15) is 11.6 Å². The van der Waals surface area contributed by atoms with E-state index in [1.54, 1.807) is 0 Å². The van der Waals surface area contributed by atoms with Crippen LogP contribution in [-0.2, 0) is 12.0 Å². The number of hydrogen-bond acceptors (Lipinski definition) is 8. The Morgan fingerprint density at radius 1 is 1.21 bits per heavy atom. The van der Waals surface area contributed by atoms with Gasteiger partial charge in [-0.25, -0.2) is 5.10 Å². The Morgan fingerprint density at radius 2 is 1.97 bits per heavy atom. The Labute approximate surface area is 222 Å². The van der Waals surface area contributed by atoms with E-state index >= 15 is 0 Å². The molecule has 196 valence electrons. The summed E-state index contributed by atoms with van der Waals surface area (Å²) in [5.74, 6) is 9.09. The second-order valence-electron chi connectivity index (χ2n) is 10.8. The molecule has 1 unspecified atom stereocenters. The van der Waals surface area contributed by atoms with Gasteiger partial charge in [0.25, 0.3) is 0 Å². The van der Waals surface area contributed by atoms with Gasteiger partial charge in [-0.2, -0.15) is 10.4 Å².